The van der Waals surface area contributed by atoms with Gasteiger partial charge in [-0.2, -0.15) is 0 Å². The van der Waals surface area contributed by atoms with Gasteiger partial charge >= 0.3 is 0 Å². The van der Waals surface area contributed by atoms with Gasteiger partial charge in [-0.05, 0) is 61.7 Å². The van der Waals surface area contributed by atoms with Crippen molar-refractivity contribution in [3.63, 3.8) is 0 Å². The quantitative estimate of drug-likeness (QED) is 0.802. The van der Waals surface area contributed by atoms with E-state index in [2.05, 4.69) is 31.3 Å². The Kier molecular flexibility index (Phi) is 5.32. The lowest BCUT2D eigenvalue weighted by Crippen LogP contribution is -2.23. The smallest absolute Gasteiger partial charge is 0.123 e. The maximum atomic E-state index is 13.6. The van der Waals surface area contributed by atoms with Crippen LogP contribution in [-0.2, 0) is 6.42 Å². The van der Waals surface area contributed by atoms with Crippen LogP contribution >= 0.6 is 11.3 Å². The molecule has 0 bridgehead atoms. The van der Waals surface area contributed by atoms with E-state index in [-0.39, 0.29) is 11.9 Å². The van der Waals surface area contributed by atoms with Crippen LogP contribution in [0.25, 0.3) is 0 Å². The van der Waals surface area contributed by atoms with Gasteiger partial charge in [0.15, 0.2) is 0 Å². The summed E-state index contributed by atoms with van der Waals surface area (Å²) in [6.07, 6.45) is 2.12. The molecular formula is C17H22FNS. The molecule has 0 saturated carbocycles. The fraction of sp³-hybridized carbons (Fsp3) is 0.412. The van der Waals surface area contributed by atoms with Crippen molar-refractivity contribution in [1.82, 2.24) is 5.32 Å². The van der Waals surface area contributed by atoms with Crippen LogP contribution < -0.4 is 5.32 Å². The zero-order valence-corrected chi connectivity index (χ0v) is 13.2. The molecule has 1 nitrogen and oxygen atoms in total. The second kappa shape index (κ2) is 7.00. The molecule has 0 aliphatic heterocycles. The molecule has 3 heteroatoms. The van der Waals surface area contributed by atoms with E-state index >= 15 is 0 Å². The Hall–Kier alpha value is -1.19. The van der Waals surface area contributed by atoms with Gasteiger partial charge in [0.1, 0.15) is 5.82 Å². The minimum Gasteiger partial charge on any atom is -0.306 e. The van der Waals surface area contributed by atoms with Crippen molar-refractivity contribution >= 4 is 11.3 Å². The molecule has 108 valence electrons. The first kappa shape index (κ1) is 15.2. The minimum atomic E-state index is -0.166. The van der Waals surface area contributed by atoms with Crippen molar-refractivity contribution in [3.05, 3.63) is 57.0 Å². The van der Waals surface area contributed by atoms with Crippen LogP contribution in [0.5, 0.6) is 0 Å². The third-order valence-electron chi connectivity index (χ3n) is 3.47. The number of rotatable bonds is 6. The van der Waals surface area contributed by atoms with Gasteiger partial charge in [0.05, 0.1) is 6.04 Å². The third kappa shape index (κ3) is 3.47. The molecule has 1 aromatic carbocycles. The maximum Gasteiger partial charge on any atom is 0.123 e. The highest BCUT2D eigenvalue weighted by Crippen LogP contribution is 2.31. The van der Waals surface area contributed by atoms with Crippen LogP contribution in [-0.4, -0.2) is 6.54 Å². The predicted molar refractivity (Wildman–Crippen MR) is 85.0 cm³/mol. The fourth-order valence-electron chi connectivity index (χ4n) is 2.31. The Morgan fingerprint density at radius 2 is 2.00 bits per heavy atom. The number of halogens is 1. The van der Waals surface area contributed by atoms with Gasteiger partial charge < -0.3 is 5.32 Å². The topological polar surface area (TPSA) is 12.0 Å². The molecule has 1 N–H and O–H groups in total. The Labute approximate surface area is 124 Å². The van der Waals surface area contributed by atoms with Gasteiger partial charge in [-0.15, -0.1) is 11.3 Å². The first-order chi connectivity index (χ1) is 9.65. The summed E-state index contributed by atoms with van der Waals surface area (Å²) >= 11 is 1.82. The zero-order chi connectivity index (χ0) is 14.5. The number of benzene rings is 1. The highest BCUT2D eigenvalue weighted by Gasteiger charge is 2.18. The van der Waals surface area contributed by atoms with Crippen LogP contribution in [0.4, 0.5) is 4.39 Å². The molecular weight excluding hydrogens is 269 g/mol. The van der Waals surface area contributed by atoms with E-state index in [1.807, 2.05) is 24.3 Å². The number of hydrogen-bond acceptors (Lipinski definition) is 2. The lowest BCUT2D eigenvalue weighted by molar-refractivity contribution is 0.588. The average Bonchev–Trinajstić information content (AvgIpc) is 2.92. The van der Waals surface area contributed by atoms with Crippen molar-refractivity contribution < 1.29 is 4.39 Å². The van der Waals surface area contributed by atoms with Gasteiger partial charge in [0.2, 0.25) is 0 Å². The summed E-state index contributed by atoms with van der Waals surface area (Å²) in [6.45, 7) is 7.29. The minimum absolute atomic E-state index is 0.0935. The van der Waals surface area contributed by atoms with Crippen LogP contribution in [0.1, 0.15) is 47.2 Å². The van der Waals surface area contributed by atoms with E-state index < -0.39 is 0 Å². The molecule has 0 amide bonds. The highest BCUT2D eigenvalue weighted by atomic mass is 32.1. The molecule has 1 aromatic heterocycles. The van der Waals surface area contributed by atoms with Crippen molar-refractivity contribution in [2.24, 2.45) is 0 Å². The lowest BCUT2D eigenvalue weighted by atomic mass is 9.99. The first-order valence-electron chi connectivity index (χ1n) is 7.23. The molecule has 0 spiro atoms. The molecule has 2 aromatic rings. The van der Waals surface area contributed by atoms with E-state index in [9.17, 15) is 4.39 Å². The van der Waals surface area contributed by atoms with E-state index in [0.717, 1.165) is 30.5 Å². The Balaban J connectivity index is 2.38. The summed E-state index contributed by atoms with van der Waals surface area (Å²) in [5, 5.41) is 3.55. The summed E-state index contributed by atoms with van der Waals surface area (Å²) < 4.78 is 13.6. The summed E-state index contributed by atoms with van der Waals surface area (Å²) in [6, 6.07) is 9.49. The molecule has 0 fully saturated rings. The maximum absolute atomic E-state index is 13.6. The number of nitrogens with one attached hydrogen (secondary N) is 1. The number of hydrogen-bond donors (Lipinski definition) is 1. The summed E-state index contributed by atoms with van der Waals surface area (Å²) in [5.74, 6) is -0.166. The second-order valence-electron chi connectivity index (χ2n) is 5.05. The van der Waals surface area contributed by atoms with Gasteiger partial charge in [-0.3, -0.25) is 0 Å². The van der Waals surface area contributed by atoms with Crippen LogP contribution in [0.2, 0.25) is 0 Å². The molecule has 0 radical (unpaired) electrons. The SMILES string of the molecule is CCCNC(c1ccc(CC)s1)c1cc(F)ccc1C. The van der Waals surface area contributed by atoms with E-state index in [4.69, 9.17) is 0 Å². The van der Waals surface area contributed by atoms with Gasteiger partial charge in [-0.25, -0.2) is 4.39 Å². The zero-order valence-electron chi connectivity index (χ0n) is 12.4. The van der Waals surface area contributed by atoms with E-state index in [1.54, 1.807) is 6.07 Å². The van der Waals surface area contributed by atoms with Crippen molar-refractivity contribution in [3.8, 4) is 0 Å². The molecule has 1 heterocycles. The van der Waals surface area contributed by atoms with Crippen molar-refractivity contribution in [1.29, 1.82) is 0 Å². The Morgan fingerprint density at radius 3 is 2.65 bits per heavy atom. The number of aryl methyl sites for hydroxylation is 2. The molecule has 0 saturated heterocycles. The lowest BCUT2D eigenvalue weighted by Gasteiger charge is -2.20. The Morgan fingerprint density at radius 1 is 1.20 bits per heavy atom. The second-order valence-corrected chi connectivity index (χ2v) is 6.25. The van der Waals surface area contributed by atoms with Crippen molar-refractivity contribution in [2.75, 3.05) is 6.54 Å². The largest absolute Gasteiger partial charge is 0.306 e. The van der Waals surface area contributed by atoms with E-state index in [0.29, 0.717) is 0 Å². The highest BCUT2D eigenvalue weighted by molar-refractivity contribution is 7.12. The standard InChI is InChI=1S/C17H22FNS/c1-4-10-19-17(16-9-8-14(5-2)20-16)15-11-13(18)7-6-12(15)3/h6-9,11,17,19H,4-5,10H2,1-3H3. The average molecular weight is 291 g/mol. The third-order valence-corrected chi connectivity index (χ3v) is 4.76. The van der Waals surface area contributed by atoms with Crippen LogP contribution in [0.15, 0.2) is 30.3 Å². The van der Waals surface area contributed by atoms with E-state index in [1.165, 1.54) is 15.8 Å². The fourth-order valence-corrected chi connectivity index (χ4v) is 3.36. The van der Waals surface area contributed by atoms with Gasteiger partial charge in [0, 0.05) is 9.75 Å². The summed E-state index contributed by atoms with van der Waals surface area (Å²) in [4.78, 5) is 2.64. The molecule has 0 aliphatic rings. The van der Waals surface area contributed by atoms with Crippen molar-refractivity contribution in [2.45, 2.75) is 39.7 Å². The molecule has 1 atom stereocenters. The van der Waals surface area contributed by atoms with Gasteiger partial charge in [0.25, 0.3) is 0 Å². The summed E-state index contributed by atoms with van der Waals surface area (Å²) in [7, 11) is 0. The first-order valence-corrected chi connectivity index (χ1v) is 8.05. The molecule has 1 unspecified atom stereocenters. The normalized spacial score (nSPS) is 12.6. The molecule has 2 rings (SSSR count). The molecule has 0 aliphatic carbocycles. The summed E-state index contributed by atoms with van der Waals surface area (Å²) in [5.41, 5.74) is 2.18. The van der Waals surface area contributed by atoms with Crippen LogP contribution in [0.3, 0.4) is 0 Å². The van der Waals surface area contributed by atoms with Gasteiger partial charge in [-0.1, -0.05) is 19.9 Å². The Bertz CT molecular complexity index is 562. The predicted octanol–water partition coefficient (Wildman–Crippen LogP) is 4.85. The monoisotopic (exact) mass is 291 g/mol. The molecule has 20 heavy (non-hydrogen) atoms. The number of thiophene rings is 1. The van der Waals surface area contributed by atoms with Crippen LogP contribution in [0, 0.1) is 12.7 Å².